The van der Waals surface area contributed by atoms with Gasteiger partial charge in [0.15, 0.2) is 11.5 Å². The van der Waals surface area contributed by atoms with E-state index in [2.05, 4.69) is 50.7 Å². The van der Waals surface area contributed by atoms with Crippen LogP contribution in [-0.2, 0) is 4.79 Å². The molecule has 0 saturated carbocycles. The van der Waals surface area contributed by atoms with Crippen molar-refractivity contribution >= 4 is 41.1 Å². The zero-order valence-corrected chi connectivity index (χ0v) is 18.7. The predicted molar refractivity (Wildman–Crippen MR) is 125 cm³/mol. The van der Waals surface area contributed by atoms with Crippen molar-refractivity contribution in [3.63, 3.8) is 0 Å². The molecule has 2 amide bonds. The molecule has 4 N–H and O–H groups in total. The Bertz CT molecular complexity index is 1020. The first-order chi connectivity index (χ1) is 16.0. The van der Waals surface area contributed by atoms with Gasteiger partial charge >= 0.3 is 0 Å². The molecular weight excluding hydrogens is 426 g/mol. The number of rotatable bonds is 8. The molecule has 13 nitrogen and oxygen atoms in total. The fraction of sp³-hybridized carbons (Fsp3) is 0.400. The van der Waals surface area contributed by atoms with E-state index in [4.69, 9.17) is 5.41 Å². The standard InChI is InChI=1S/C20H27N11O2/c1-22-16(19(32)23-2)14(8-21)28-20(33)17-18(27-13-9-24-12-25-10-13)26-11-15(29-17)31-6-4-30(3)5-7-31/h8-12,14,21H,4-7H2,1-3H3,(H,23,32)(H,26,27)(H,28,33). The monoisotopic (exact) mass is 453 g/mol. The van der Waals surface area contributed by atoms with Crippen LogP contribution in [0.2, 0.25) is 0 Å². The van der Waals surface area contributed by atoms with Gasteiger partial charge in [-0.05, 0) is 7.05 Å². The van der Waals surface area contributed by atoms with Crippen LogP contribution in [0.25, 0.3) is 0 Å². The zero-order valence-electron chi connectivity index (χ0n) is 18.7. The lowest BCUT2D eigenvalue weighted by Crippen LogP contribution is -2.48. The second-order valence-corrected chi connectivity index (χ2v) is 7.27. The van der Waals surface area contributed by atoms with Crippen molar-refractivity contribution in [2.45, 2.75) is 6.04 Å². The highest BCUT2D eigenvalue weighted by Crippen LogP contribution is 2.21. The summed E-state index contributed by atoms with van der Waals surface area (Å²) in [5, 5.41) is 15.8. The highest BCUT2D eigenvalue weighted by atomic mass is 16.2. The van der Waals surface area contributed by atoms with E-state index in [1.165, 1.54) is 20.4 Å². The highest BCUT2D eigenvalue weighted by molar-refractivity contribution is 6.44. The lowest BCUT2D eigenvalue weighted by Gasteiger charge is -2.33. The zero-order chi connectivity index (χ0) is 23.8. The van der Waals surface area contributed by atoms with E-state index < -0.39 is 17.9 Å². The summed E-state index contributed by atoms with van der Waals surface area (Å²) in [5.41, 5.74) is 0.530. The number of nitrogens with one attached hydrogen (secondary N) is 4. The van der Waals surface area contributed by atoms with Crippen molar-refractivity contribution in [3.05, 3.63) is 30.6 Å². The Morgan fingerprint density at radius 2 is 1.88 bits per heavy atom. The minimum absolute atomic E-state index is 0.00463. The number of hydrogen-bond acceptors (Lipinski definition) is 11. The third-order valence-electron chi connectivity index (χ3n) is 5.07. The van der Waals surface area contributed by atoms with Gasteiger partial charge in [0, 0.05) is 46.5 Å². The van der Waals surface area contributed by atoms with Gasteiger partial charge in [0.25, 0.3) is 11.8 Å². The second-order valence-electron chi connectivity index (χ2n) is 7.27. The van der Waals surface area contributed by atoms with Gasteiger partial charge in [-0.15, -0.1) is 0 Å². The molecular formula is C20H27N11O2. The number of piperazine rings is 1. The summed E-state index contributed by atoms with van der Waals surface area (Å²) < 4.78 is 0. The molecule has 1 saturated heterocycles. The maximum absolute atomic E-state index is 13.2. The molecule has 3 rings (SSSR count). The molecule has 0 radical (unpaired) electrons. The number of hydrogen-bond donors (Lipinski definition) is 4. The molecule has 1 aliphatic heterocycles. The van der Waals surface area contributed by atoms with E-state index in [1.54, 1.807) is 18.6 Å². The van der Waals surface area contributed by atoms with Crippen molar-refractivity contribution in [3.8, 4) is 0 Å². The Kier molecular flexibility index (Phi) is 7.91. The molecule has 2 aromatic rings. The van der Waals surface area contributed by atoms with E-state index in [0.29, 0.717) is 11.5 Å². The van der Waals surface area contributed by atoms with Gasteiger partial charge in [-0.25, -0.2) is 19.9 Å². The van der Waals surface area contributed by atoms with Crippen molar-refractivity contribution in [1.29, 1.82) is 5.41 Å². The molecule has 0 bridgehead atoms. The van der Waals surface area contributed by atoms with Gasteiger partial charge in [-0.3, -0.25) is 14.6 Å². The first-order valence-corrected chi connectivity index (χ1v) is 10.3. The first kappa shape index (κ1) is 23.7. The van der Waals surface area contributed by atoms with Gasteiger partial charge < -0.3 is 31.2 Å². The number of aliphatic imine (C=N–C) groups is 1. The minimum atomic E-state index is -1.04. The Labute approximate surface area is 191 Å². The minimum Gasteiger partial charge on any atom is -0.354 e. The molecule has 1 aliphatic rings. The smallest absolute Gasteiger partial charge is 0.274 e. The predicted octanol–water partition coefficient (Wildman–Crippen LogP) is -0.673. The van der Waals surface area contributed by atoms with Crippen molar-refractivity contribution in [2.75, 3.05) is 57.5 Å². The average Bonchev–Trinajstić information content (AvgIpc) is 2.85. The van der Waals surface area contributed by atoms with Crippen LogP contribution in [0.4, 0.5) is 17.3 Å². The van der Waals surface area contributed by atoms with E-state index in [1.807, 2.05) is 7.05 Å². The van der Waals surface area contributed by atoms with E-state index in [9.17, 15) is 9.59 Å². The Morgan fingerprint density at radius 3 is 2.48 bits per heavy atom. The van der Waals surface area contributed by atoms with Gasteiger partial charge in [-0.2, -0.15) is 0 Å². The second kappa shape index (κ2) is 11.0. The average molecular weight is 454 g/mol. The van der Waals surface area contributed by atoms with Crippen LogP contribution in [-0.4, -0.2) is 102 Å². The topological polar surface area (TPSA) is 164 Å². The summed E-state index contributed by atoms with van der Waals surface area (Å²) in [5.74, 6) is -0.358. The molecule has 174 valence electrons. The summed E-state index contributed by atoms with van der Waals surface area (Å²) in [6, 6.07) is -1.04. The number of anilines is 3. The van der Waals surface area contributed by atoms with E-state index >= 15 is 0 Å². The Hall–Kier alpha value is -4.00. The molecule has 1 fully saturated rings. The fourth-order valence-electron chi connectivity index (χ4n) is 3.23. The van der Waals surface area contributed by atoms with Crippen LogP contribution in [0.3, 0.4) is 0 Å². The molecule has 0 spiro atoms. The Morgan fingerprint density at radius 1 is 1.18 bits per heavy atom. The van der Waals surface area contributed by atoms with Crippen molar-refractivity contribution in [2.24, 2.45) is 4.99 Å². The molecule has 1 unspecified atom stereocenters. The molecule has 0 aromatic carbocycles. The number of amides is 2. The third-order valence-corrected chi connectivity index (χ3v) is 5.07. The van der Waals surface area contributed by atoms with E-state index in [0.717, 1.165) is 32.4 Å². The quantitative estimate of drug-likeness (QED) is 0.379. The van der Waals surface area contributed by atoms with Crippen LogP contribution >= 0.6 is 0 Å². The summed E-state index contributed by atoms with van der Waals surface area (Å²) in [6.45, 7) is 3.22. The normalized spacial score (nSPS) is 15.5. The summed E-state index contributed by atoms with van der Waals surface area (Å²) in [7, 11) is 4.92. The lowest BCUT2D eigenvalue weighted by molar-refractivity contribution is -0.114. The molecule has 1 atom stereocenters. The van der Waals surface area contributed by atoms with Gasteiger partial charge in [-0.1, -0.05) is 0 Å². The molecule has 13 heteroatoms. The number of nitrogens with zero attached hydrogens (tertiary/aromatic N) is 7. The molecule has 2 aromatic heterocycles. The Balaban J connectivity index is 1.93. The largest absolute Gasteiger partial charge is 0.354 e. The third kappa shape index (κ3) is 5.83. The first-order valence-electron chi connectivity index (χ1n) is 10.3. The summed E-state index contributed by atoms with van der Waals surface area (Å²) in [4.78, 5) is 50.4. The maximum atomic E-state index is 13.2. The van der Waals surface area contributed by atoms with Crippen LogP contribution < -0.4 is 20.9 Å². The summed E-state index contributed by atoms with van der Waals surface area (Å²) >= 11 is 0. The van der Waals surface area contributed by atoms with Crippen molar-refractivity contribution < 1.29 is 9.59 Å². The number of likely N-dealkylation sites (N-methyl/N-ethyl adjacent to an activating group) is 1. The van der Waals surface area contributed by atoms with E-state index in [-0.39, 0.29) is 17.2 Å². The van der Waals surface area contributed by atoms with Gasteiger partial charge in [0.1, 0.15) is 23.9 Å². The molecule has 0 aliphatic carbocycles. The SMILES string of the molecule is CN=C(C(=O)NC)C(C=N)NC(=O)c1nc(N2CCN(C)CC2)cnc1Nc1cncnc1. The number of carbonyl (C=O) groups excluding carboxylic acids is 2. The van der Waals surface area contributed by atoms with Gasteiger partial charge in [0.2, 0.25) is 0 Å². The maximum Gasteiger partial charge on any atom is 0.274 e. The molecule has 33 heavy (non-hydrogen) atoms. The highest BCUT2D eigenvalue weighted by Gasteiger charge is 2.26. The molecule has 3 heterocycles. The van der Waals surface area contributed by atoms with Crippen molar-refractivity contribution in [1.82, 2.24) is 35.5 Å². The van der Waals surface area contributed by atoms with Gasteiger partial charge in [0.05, 0.1) is 24.3 Å². The van der Waals surface area contributed by atoms with Crippen LogP contribution in [0.5, 0.6) is 0 Å². The number of carbonyl (C=O) groups is 2. The summed E-state index contributed by atoms with van der Waals surface area (Å²) in [6.07, 6.45) is 7.01. The van der Waals surface area contributed by atoms with Crippen LogP contribution in [0, 0.1) is 5.41 Å². The lowest BCUT2D eigenvalue weighted by atomic mass is 10.1. The fourth-order valence-corrected chi connectivity index (χ4v) is 3.23. The number of aromatic nitrogens is 4. The van der Waals surface area contributed by atoms with Crippen LogP contribution in [0.15, 0.2) is 29.9 Å². The van der Waals surface area contributed by atoms with Crippen LogP contribution in [0.1, 0.15) is 10.5 Å².